The van der Waals surface area contributed by atoms with Crippen LogP contribution in [-0.2, 0) is 22.4 Å². The third-order valence-corrected chi connectivity index (χ3v) is 5.13. The Kier molecular flexibility index (Phi) is 5.56. The van der Waals surface area contributed by atoms with Crippen molar-refractivity contribution in [3.8, 4) is 11.5 Å². The average Bonchev–Trinajstić information content (AvgIpc) is 2.88. The molecule has 1 aliphatic rings. The minimum absolute atomic E-state index is 0.0255. The molecule has 0 aliphatic carbocycles. The van der Waals surface area contributed by atoms with E-state index in [1.54, 1.807) is 0 Å². The Morgan fingerprint density at radius 1 is 1.04 bits per heavy atom. The number of carbonyl (C=O) groups excluding carboxylic acids is 2. The van der Waals surface area contributed by atoms with Gasteiger partial charge in [-0.1, -0.05) is 36.0 Å². The highest BCUT2D eigenvalue weighted by atomic mass is 32.2. The van der Waals surface area contributed by atoms with Crippen molar-refractivity contribution in [2.75, 3.05) is 0 Å². The Hall–Kier alpha value is -2.11. The molecule has 0 saturated carbocycles. The Bertz CT molecular complexity index is 754. The molecule has 1 heterocycles. The molecule has 2 atom stereocenters. The average molecular weight is 355 g/mol. The van der Waals surface area contributed by atoms with Crippen LogP contribution in [0.25, 0.3) is 0 Å². The summed E-state index contributed by atoms with van der Waals surface area (Å²) in [5.74, 6) is 1.54. The van der Waals surface area contributed by atoms with Crippen LogP contribution in [0.1, 0.15) is 24.5 Å². The molecule has 0 bridgehead atoms. The maximum Gasteiger partial charge on any atom is 0.197 e. The number of Topliss-reactive ketones (excluding diaryl/α,β-unsaturated/α-hetero) is 1. The highest BCUT2D eigenvalue weighted by Gasteiger charge is 2.31. The number of rotatable bonds is 6. The maximum atomic E-state index is 11.7. The van der Waals surface area contributed by atoms with Crippen molar-refractivity contribution in [2.45, 2.75) is 37.5 Å². The zero-order valence-corrected chi connectivity index (χ0v) is 14.9. The van der Waals surface area contributed by atoms with Crippen LogP contribution in [-0.4, -0.2) is 22.2 Å². The van der Waals surface area contributed by atoms with E-state index in [-0.39, 0.29) is 28.6 Å². The maximum absolute atomic E-state index is 11.7. The van der Waals surface area contributed by atoms with Gasteiger partial charge in [-0.15, -0.1) is 0 Å². The topological polar surface area (TPSA) is 69.4 Å². The number of carbonyl (C=O) groups is 2. The molecule has 3 rings (SSSR count). The molecule has 1 fully saturated rings. The van der Waals surface area contributed by atoms with E-state index in [1.165, 1.54) is 5.56 Å². The van der Waals surface area contributed by atoms with Gasteiger partial charge in [0, 0.05) is 6.04 Å². The molecular formula is C20H21NO3S. The van der Waals surface area contributed by atoms with E-state index in [2.05, 4.69) is 0 Å². The molecule has 0 amide bonds. The molecule has 130 valence electrons. The molecule has 2 aromatic rings. The highest BCUT2D eigenvalue weighted by Crippen LogP contribution is 2.29. The molecule has 0 aromatic heterocycles. The SMILES string of the molecule is C[C@@H](N)Cc1ccc(Oc2ccc(CC3SC(=O)CC3=O)cc2)cc1. The second-order valence-electron chi connectivity index (χ2n) is 6.40. The number of thioether (sulfide) groups is 1. The van der Waals surface area contributed by atoms with Crippen LogP contribution in [0.15, 0.2) is 48.5 Å². The number of benzene rings is 2. The molecule has 2 N–H and O–H groups in total. The first-order chi connectivity index (χ1) is 12.0. The van der Waals surface area contributed by atoms with Crippen molar-refractivity contribution in [1.82, 2.24) is 0 Å². The quantitative estimate of drug-likeness (QED) is 0.803. The smallest absolute Gasteiger partial charge is 0.197 e. The van der Waals surface area contributed by atoms with Crippen LogP contribution in [0, 0.1) is 0 Å². The van der Waals surface area contributed by atoms with Crippen molar-refractivity contribution in [3.63, 3.8) is 0 Å². The van der Waals surface area contributed by atoms with E-state index in [4.69, 9.17) is 10.5 Å². The largest absolute Gasteiger partial charge is 0.457 e. The Balaban J connectivity index is 1.59. The second kappa shape index (κ2) is 7.85. The third-order valence-electron chi connectivity index (χ3n) is 4.01. The summed E-state index contributed by atoms with van der Waals surface area (Å²) in [7, 11) is 0. The van der Waals surface area contributed by atoms with Gasteiger partial charge >= 0.3 is 0 Å². The van der Waals surface area contributed by atoms with E-state index in [0.717, 1.165) is 35.2 Å². The first-order valence-corrected chi connectivity index (χ1v) is 9.21. The lowest BCUT2D eigenvalue weighted by Gasteiger charge is -2.10. The first kappa shape index (κ1) is 17.7. The number of ketones is 1. The first-order valence-electron chi connectivity index (χ1n) is 8.33. The van der Waals surface area contributed by atoms with E-state index in [9.17, 15) is 9.59 Å². The van der Waals surface area contributed by atoms with Gasteiger partial charge in [0.2, 0.25) is 0 Å². The van der Waals surface area contributed by atoms with E-state index in [0.29, 0.717) is 6.42 Å². The Morgan fingerprint density at radius 3 is 2.08 bits per heavy atom. The van der Waals surface area contributed by atoms with Crippen molar-refractivity contribution in [3.05, 3.63) is 59.7 Å². The van der Waals surface area contributed by atoms with Gasteiger partial charge in [0.05, 0.1) is 11.7 Å². The minimum atomic E-state index is -0.239. The van der Waals surface area contributed by atoms with Crippen molar-refractivity contribution in [2.24, 2.45) is 5.73 Å². The van der Waals surface area contributed by atoms with Gasteiger partial charge in [0.1, 0.15) is 11.5 Å². The molecule has 0 radical (unpaired) electrons. The van der Waals surface area contributed by atoms with E-state index in [1.807, 2.05) is 55.5 Å². The molecule has 4 nitrogen and oxygen atoms in total. The normalized spacial score (nSPS) is 18.4. The van der Waals surface area contributed by atoms with E-state index >= 15 is 0 Å². The van der Waals surface area contributed by atoms with Crippen LogP contribution in [0.5, 0.6) is 11.5 Å². The summed E-state index contributed by atoms with van der Waals surface area (Å²) in [4.78, 5) is 23.0. The van der Waals surface area contributed by atoms with Gasteiger partial charge in [-0.05, 0) is 55.2 Å². The molecule has 1 unspecified atom stereocenters. The van der Waals surface area contributed by atoms with Gasteiger partial charge in [-0.2, -0.15) is 0 Å². The predicted octanol–water partition coefficient (Wildman–Crippen LogP) is 3.51. The van der Waals surface area contributed by atoms with Crippen LogP contribution in [0.2, 0.25) is 0 Å². The van der Waals surface area contributed by atoms with Gasteiger partial charge in [0.15, 0.2) is 10.9 Å². The summed E-state index contributed by atoms with van der Waals surface area (Å²) in [5, 5.41) is -0.265. The second-order valence-corrected chi connectivity index (χ2v) is 7.66. The lowest BCUT2D eigenvalue weighted by atomic mass is 10.1. The summed E-state index contributed by atoms with van der Waals surface area (Å²) >= 11 is 1.15. The highest BCUT2D eigenvalue weighted by molar-refractivity contribution is 8.15. The van der Waals surface area contributed by atoms with Crippen molar-refractivity contribution < 1.29 is 14.3 Å². The Labute approximate surface area is 151 Å². The van der Waals surface area contributed by atoms with Gasteiger partial charge in [-0.3, -0.25) is 9.59 Å². The fourth-order valence-corrected chi connectivity index (χ4v) is 3.82. The molecular weight excluding hydrogens is 334 g/mol. The number of nitrogens with two attached hydrogens (primary N) is 1. The summed E-state index contributed by atoms with van der Waals surface area (Å²) in [6.07, 6.45) is 1.49. The predicted molar refractivity (Wildman–Crippen MR) is 100 cm³/mol. The lowest BCUT2D eigenvalue weighted by molar-refractivity contribution is -0.121. The van der Waals surface area contributed by atoms with Crippen molar-refractivity contribution in [1.29, 1.82) is 0 Å². The molecule has 0 spiro atoms. The fraction of sp³-hybridized carbons (Fsp3) is 0.300. The van der Waals surface area contributed by atoms with Gasteiger partial charge in [-0.25, -0.2) is 0 Å². The van der Waals surface area contributed by atoms with Crippen LogP contribution < -0.4 is 10.5 Å². The van der Waals surface area contributed by atoms with Crippen LogP contribution >= 0.6 is 11.8 Å². The zero-order chi connectivity index (χ0) is 17.8. The number of ether oxygens (including phenoxy) is 1. The summed E-state index contributed by atoms with van der Waals surface area (Å²) < 4.78 is 5.84. The summed E-state index contributed by atoms with van der Waals surface area (Å²) in [6.45, 7) is 1.99. The molecule has 25 heavy (non-hydrogen) atoms. The molecule has 1 aliphatic heterocycles. The molecule has 2 aromatic carbocycles. The monoisotopic (exact) mass is 355 g/mol. The minimum Gasteiger partial charge on any atom is -0.457 e. The van der Waals surface area contributed by atoms with Gasteiger partial charge in [0.25, 0.3) is 0 Å². The third kappa shape index (κ3) is 4.94. The zero-order valence-electron chi connectivity index (χ0n) is 14.1. The van der Waals surface area contributed by atoms with Crippen LogP contribution in [0.4, 0.5) is 0 Å². The molecule has 1 saturated heterocycles. The van der Waals surface area contributed by atoms with Crippen molar-refractivity contribution >= 4 is 22.7 Å². The lowest BCUT2D eigenvalue weighted by Crippen LogP contribution is -2.17. The Morgan fingerprint density at radius 2 is 1.60 bits per heavy atom. The summed E-state index contributed by atoms with van der Waals surface area (Å²) in [5.41, 5.74) is 8.02. The molecule has 5 heteroatoms. The standard InChI is InChI=1S/C20H21NO3S/c1-13(21)10-14-2-6-16(7-3-14)24-17-8-4-15(5-9-17)11-19-18(22)12-20(23)25-19/h2-9,13,19H,10-12,21H2,1H3/t13-,19?/m1/s1. The fourth-order valence-electron chi connectivity index (χ4n) is 2.79. The van der Waals surface area contributed by atoms with E-state index < -0.39 is 0 Å². The van der Waals surface area contributed by atoms with Crippen LogP contribution in [0.3, 0.4) is 0 Å². The number of hydrogen-bond acceptors (Lipinski definition) is 5. The summed E-state index contributed by atoms with van der Waals surface area (Å²) in [6, 6.07) is 15.7. The van der Waals surface area contributed by atoms with Gasteiger partial charge < -0.3 is 10.5 Å². The number of hydrogen-bond donors (Lipinski definition) is 1.